The zero-order chi connectivity index (χ0) is 23.4. The second kappa shape index (κ2) is 10.0. The standard InChI is InChI=1S/C25H27N5O2S/c1-16-9-11-19(12-10-16)13-21-17(2)27-24-28-25(29-30(24)18(21)3)33-15-23(31)26-14-20-7-5-6-8-22(20)32-4/h5-12H,13-15H2,1-4H3,(H,26,31). The van der Waals surface area contributed by atoms with Crippen LogP contribution in [0.1, 0.15) is 33.6 Å². The minimum absolute atomic E-state index is 0.0920. The molecule has 8 heteroatoms. The van der Waals surface area contributed by atoms with Crippen LogP contribution in [0.3, 0.4) is 0 Å². The van der Waals surface area contributed by atoms with Gasteiger partial charge in [-0.25, -0.2) is 9.50 Å². The highest BCUT2D eigenvalue weighted by atomic mass is 32.2. The Morgan fingerprint density at radius 2 is 1.82 bits per heavy atom. The number of carbonyl (C=O) groups is 1. The number of nitrogens with zero attached hydrogens (tertiary/aromatic N) is 4. The molecule has 2 heterocycles. The second-order valence-electron chi connectivity index (χ2n) is 7.91. The lowest BCUT2D eigenvalue weighted by Gasteiger charge is -2.10. The summed E-state index contributed by atoms with van der Waals surface area (Å²) in [5.41, 5.74) is 6.50. The van der Waals surface area contributed by atoms with Crippen molar-refractivity contribution < 1.29 is 9.53 Å². The molecule has 33 heavy (non-hydrogen) atoms. The van der Waals surface area contributed by atoms with E-state index in [1.807, 2.05) is 38.1 Å². The smallest absolute Gasteiger partial charge is 0.253 e. The molecule has 4 rings (SSSR count). The molecular formula is C25H27N5O2S. The van der Waals surface area contributed by atoms with Crippen LogP contribution in [0.25, 0.3) is 5.78 Å². The van der Waals surface area contributed by atoms with Crippen LogP contribution < -0.4 is 10.1 Å². The number of nitrogens with one attached hydrogen (secondary N) is 1. The molecule has 0 spiro atoms. The van der Waals surface area contributed by atoms with Gasteiger partial charge in [-0.1, -0.05) is 59.8 Å². The normalized spacial score (nSPS) is 11.0. The Bertz CT molecular complexity index is 1280. The van der Waals surface area contributed by atoms with E-state index in [-0.39, 0.29) is 11.7 Å². The highest BCUT2D eigenvalue weighted by Crippen LogP contribution is 2.21. The fourth-order valence-electron chi connectivity index (χ4n) is 3.64. The molecule has 0 atom stereocenters. The topological polar surface area (TPSA) is 81.4 Å². The summed E-state index contributed by atoms with van der Waals surface area (Å²) in [7, 11) is 1.62. The zero-order valence-corrected chi connectivity index (χ0v) is 20.1. The van der Waals surface area contributed by atoms with E-state index >= 15 is 0 Å². The van der Waals surface area contributed by atoms with E-state index in [1.54, 1.807) is 11.6 Å². The van der Waals surface area contributed by atoms with Gasteiger partial charge in [0.05, 0.1) is 12.9 Å². The van der Waals surface area contributed by atoms with Crippen LogP contribution in [-0.2, 0) is 17.8 Å². The Morgan fingerprint density at radius 3 is 2.58 bits per heavy atom. The number of para-hydroxylation sites is 1. The lowest BCUT2D eigenvalue weighted by molar-refractivity contribution is -0.118. The second-order valence-corrected chi connectivity index (χ2v) is 8.85. The van der Waals surface area contributed by atoms with Crippen molar-refractivity contribution in [1.82, 2.24) is 24.9 Å². The van der Waals surface area contributed by atoms with Gasteiger partial charge in [0.1, 0.15) is 5.75 Å². The Kier molecular flexibility index (Phi) is 6.93. The number of fused-ring (bicyclic) bond motifs is 1. The zero-order valence-electron chi connectivity index (χ0n) is 19.3. The summed E-state index contributed by atoms with van der Waals surface area (Å²) in [6, 6.07) is 16.2. The number of methoxy groups -OCH3 is 1. The number of hydrogen-bond donors (Lipinski definition) is 1. The third-order valence-electron chi connectivity index (χ3n) is 5.53. The first-order valence-electron chi connectivity index (χ1n) is 10.7. The molecule has 1 amide bonds. The van der Waals surface area contributed by atoms with Crippen LogP contribution in [0.5, 0.6) is 5.75 Å². The van der Waals surface area contributed by atoms with Gasteiger partial charge in [0.15, 0.2) is 0 Å². The van der Waals surface area contributed by atoms with Gasteiger partial charge >= 0.3 is 0 Å². The molecule has 0 bridgehead atoms. The van der Waals surface area contributed by atoms with Gasteiger partial charge < -0.3 is 10.1 Å². The van der Waals surface area contributed by atoms with E-state index < -0.39 is 0 Å². The molecule has 1 N–H and O–H groups in total. The summed E-state index contributed by atoms with van der Waals surface area (Å²) in [4.78, 5) is 21.5. The maximum absolute atomic E-state index is 12.4. The SMILES string of the molecule is COc1ccccc1CNC(=O)CSc1nc2nc(C)c(Cc3ccc(C)cc3)c(C)n2n1. The van der Waals surface area contributed by atoms with E-state index in [2.05, 4.69) is 51.6 Å². The van der Waals surface area contributed by atoms with Crippen molar-refractivity contribution in [2.45, 2.75) is 38.9 Å². The van der Waals surface area contributed by atoms with Crippen LogP contribution in [-0.4, -0.2) is 38.4 Å². The van der Waals surface area contributed by atoms with Crippen molar-refractivity contribution in [2.24, 2.45) is 0 Å². The molecule has 0 radical (unpaired) electrons. The van der Waals surface area contributed by atoms with E-state index in [1.165, 1.54) is 22.9 Å². The Balaban J connectivity index is 1.43. The Labute approximate surface area is 197 Å². The number of amides is 1. The quantitative estimate of drug-likeness (QED) is 0.399. The Hall–Kier alpha value is -3.39. The van der Waals surface area contributed by atoms with E-state index in [0.29, 0.717) is 17.5 Å². The first kappa shape index (κ1) is 22.8. The number of hydrogen-bond acceptors (Lipinski definition) is 6. The minimum atomic E-state index is -0.0920. The van der Waals surface area contributed by atoms with Gasteiger partial charge in [0.25, 0.3) is 5.78 Å². The van der Waals surface area contributed by atoms with Crippen molar-refractivity contribution in [2.75, 3.05) is 12.9 Å². The monoisotopic (exact) mass is 461 g/mol. The summed E-state index contributed by atoms with van der Waals surface area (Å²) in [6.07, 6.45) is 0.786. The number of aryl methyl sites for hydroxylation is 3. The van der Waals surface area contributed by atoms with Gasteiger partial charge in [-0.3, -0.25) is 4.79 Å². The first-order valence-corrected chi connectivity index (χ1v) is 11.7. The van der Waals surface area contributed by atoms with Crippen LogP contribution in [0.4, 0.5) is 0 Å². The van der Waals surface area contributed by atoms with Crippen molar-refractivity contribution in [3.63, 3.8) is 0 Å². The fraction of sp³-hybridized carbons (Fsp3) is 0.280. The third-order valence-corrected chi connectivity index (χ3v) is 6.37. The largest absolute Gasteiger partial charge is 0.496 e. The molecule has 0 saturated carbocycles. The van der Waals surface area contributed by atoms with E-state index in [0.717, 1.165) is 34.7 Å². The fourth-order valence-corrected chi connectivity index (χ4v) is 4.29. The molecule has 0 fully saturated rings. The summed E-state index contributed by atoms with van der Waals surface area (Å²) < 4.78 is 7.10. The molecule has 2 aromatic carbocycles. The number of carbonyl (C=O) groups excluding carboxylic acids is 1. The highest BCUT2D eigenvalue weighted by Gasteiger charge is 2.15. The molecule has 0 unspecified atom stereocenters. The average Bonchev–Trinajstić information content (AvgIpc) is 3.23. The van der Waals surface area contributed by atoms with Crippen molar-refractivity contribution in [3.05, 3.63) is 82.2 Å². The number of thioether (sulfide) groups is 1. The third kappa shape index (κ3) is 5.34. The maximum Gasteiger partial charge on any atom is 0.253 e. The Morgan fingerprint density at radius 1 is 1.06 bits per heavy atom. The lowest BCUT2D eigenvalue weighted by Crippen LogP contribution is -2.24. The molecule has 0 aliphatic heterocycles. The van der Waals surface area contributed by atoms with Gasteiger partial charge in [-0.2, -0.15) is 4.98 Å². The molecule has 0 saturated heterocycles. The van der Waals surface area contributed by atoms with E-state index in [4.69, 9.17) is 4.74 Å². The maximum atomic E-state index is 12.4. The van der Waals surface area contributed by atoms with Gasteiger partial charge in [0.2, 0.25) is 11.1 Å². The molecule has 0 aliphatic carbocycles. The summed E-state index contributed by atoms with van der Waals surface area (Å²) in [5, 5.41) is 8.05. The van der Waals surface area contributed by atoms with Gasteiger partial charge in [-0.05, 0) is 38.0 Å². The summed E-state index contributed by atoms with van der Waals surface area (Å²) in [6.45, 7) is 6.53. The number of benzene rings is 2. The van der Waals surface area contributed by atoms with Crippen LogP contribution in [0.2, 0.25) is 0 Å². The van der Waals surface area contributed by atoms with Crippen LogP contribution >= 0.6 is 11.8 Å². The van der Waals surface area contributed by atoms with Gasteiger partial charge in [-0.15, -0.1) is 5.10 Å². The van der Waals surface area contributed by atoms with Crippen molar-refractivity contribution >= 4 is 23.4 Å². The molecule has 4 aromatic rings. The van der Waals surface area contributed by atoms with Crippen LogP contribution in [0.15, 0.2) is 53.7 Å². The minimum Gasteiger partial charge on any atom is -0.496 e. The average molecular weight is 462 g/mol. The molecule has 170 valence electrons. The van der Waals surface area contributed by atoms with Crippen LogP contribution in [0, 0.1) is 20.8 Å². The van der Waals surface area contributed by atoms with Crippen molar-refractivity contribution in [1.29, 1.82) is 0 Å². The van der Waals surface area contributed by atoms with Crippen molar-refractivity contribution in [3.8, 4) is 5.75 Å². The molecule has 7 nitrogen and oxygen atoms in total. The number of aromatic nitrogens is 4. The summed E-state index contributed by atoms with van der Waals surface area (Å²) in [5.74, 6) is 1.44. The molecule has 0 aliphatic rings. The highest BCUT2D eigenvalue weighted by molar-refractivity contribution is 7.99. The van der Waals surface area contributed by atoms with Gasteiger partial charge in [0, 0.05) is 29.9 Å². The predicted molar refractivity (Wildman–Crippen MR) is 130 cm³/mol. The first-order chi connectivity index (χ1) is 15.9. The predicted octanol–water partition coefficient (Wildman–Crippen LogP) is 4.06. The van der Waals surface area contributed by atoms with E-state index in [9.17, 15) is 4.79 Å². The lowest BCUT2D eigenvalue weighted by atomic mass is 10.0. The molecular weight excluding hydrogens is 434 g/mol. The summed E-state index contributed by atoms with van der Waals surface area (Å²) >= 11 is 1.30. The number of rotatable bonds is 8. The number of ether oxygens (including phenoxy) is 1. The molecule has 2 aromatic heterocycles.